The maximum atomic E-state index is 10.6. The van der Waals surface area contributed by atoms with Gasteiger partial charge in [0.15, 0.2) is 0 Å². The van der Waals surface area contributed by atoms with Crippen LogP contribution in [0.4, 0.5) is 0 Å². The van der Waals surface area contributed by atoms with Gasteiger partial charge in [-0.15, -0.1) is 0 Å². The minimum Gasteiger partial charge on any atom is -0.478 e. The molecule has 98 valence electrons. The highest BCUT2D eigenvalue weighted by atomic mass is 16.4. The molecule has 3 nitrogen and oxygen atoms in total. The van der Waals surface area contributed by atoms with E-state index >= 15 is 0 Å². The van der Waals surface area contributed by atoms with Crippen molar-refractivity contribution in [2.45, 2.75) is 13.5 Å². The first-order valence-electron chi connectivity index (χ1n) is 6.26. The van der Waals surface area contributed by atoms with Crippen molar-refractivity contribution >= 4 is 16.7 Å². The number of carboxylic acids is 1. The quantitative estimate of drug-likeness (QED) is 0.638. The summed E-state index contributed by atoms with van der Waals surface area (Å²) < 4.78 is 0. The number of hydrogen-bond acceptors (Lipinski definition) is 2. The fraction of sp³-hybridized carbons (Fsp3) is 0.188. The fourth-order valence-corrected chi connectivity index (χ4v) is 1.97. The van der Waals surface area contributed by atoms with Crippen molar-refractivity contribution in [1.82, 2.24) is 5.32 Å². The van der Waals surface area contributed by atoms with Gasteiger partial charge in [-0.2, -0.15) is 0 Å². The first-order chi connectivity index (χ1) is 9.18. The van der Waals surface area contributed by atoms with Gasteiger partial charge in [0.25, 0.3) is 0 Å². The maximum Gasteiger partial charge on any atom is 0.330 e. The summed E-state index contributed by atoms with van der Waals surface area (Å²) in [6.07, 6.45) is 1.69. The second-order valence-corrected chi connectivity index (χ2v) is 4.46. The van der Waals surface area contributed by atoms with Gasteiger partial charge in [0.05, 0.1) is 0 Å². The summed E-state index contributed by atoms with van der Waals surface area (Å²) in [5, 5.41) is 14.4. The minimum absolute atomic E-state index is 0.366. The Balaban J connectivity index is 2.03. The summed E-state index contributed by atoms with van der Waals surface area (Å²) in [5.41, 5.74) is 1.59. The Bertz CT molecular complexity index is 612. The van der Waals surface area contributed by atoms with Crippen LogP contribution in [0.5, 0.6) is 0 Å². The number of fused-ring (bicyclic) bond motifs is 1. The molecule has 0 atom stereocenters. The average molecular weight is 255 g/mol. The fourth-order valence-electron chi connectivity index (χ4n) is 1.97. The maximum absolute atomic E-state index is 10.6. The van der Waals surface area contributed by atoms with Gasteiger partial charge in [0.1, 0.15) is 0 Å². The zero-order valence-electron chi connectivity index (χ0n) is 10.9. The summed E-state index contributed by atoms with van der Waals surface area (Å²) in [7, 11) is 0. The summed E-state index contributed by atoms with van der Waals surface area (Å²) >= 11 is 0. The number of rotatable bonds is 5. The van der Waals surface area contributed by atoms with Gasteiger partial charge in [-0.05, 0) is 23.3 Å². The lowest BCUT2D eigenvalue weighted by atomic mass is 10.0. The van der Waals surface area contributed by atoms with Crippen LogP contribution in [0.15, 0.2) is 54.1 Å². The highest BCUT2D eigenvalue weighted by molar-refractivity contribution is 5.86. The molecule has 0 unspecified atom stereocenters. The van der Waals surface area contributed by atoms with Crippen molar-refractivity contribution < 1.29 is 9.90 Å². The van der Waals surface area contributed by atoms with Crippen LogP contribution in [0, 0.1) is 0 Å². The zero-order valence-corrected chi connectivity index (χ0v) is 10.9. The molecule has 19 heavy (non-hydrogen) atoms. The van der Waals surface area contributed by atoms with Crippen LogP contribution in [0.3, 0.4) is 0 Å². The van der Waals surface area contributed by atoms with Crippen molar-refractivity contribution in [3.05, 3.63) is 59.7 Å². The first kappa shape index (κ1) is 13.3. The summed E-state index contributed by atoms with van der Waals surface area (Å²) in [5.74, 6) is -0.869. The second kappa shape index (κ2) is 6.16. The molecule has 3 heteroatoms. The highest BCUT2D eigenvalue weighted by Gasteiger charge is 2.00. The zero-order chi connectivity index (χ0) is 13.7. The van der Waals surface area contributed by atoms with Gasteiger partial charge in [-0.3, -0.25) is 0 Å². The molecule has 2 N–H and O–H groups in total. The standard InChI is InChI=1S/C16H17NO2/c1-12(16(18)19)9-10-17-11-14-7-4-6-13-5-2-3-8-15(13)14/h2-9,17H,10-11H2,1H3,(H,18,19)/b12-9-. The van der Waals surface area contributed by atoms with Crippen LogP contribution in [-0.2, 0) is 11.3 Å². The van der Waals surface area contributed by atoms with Crippen molar-refractivity contribution in [2.75, 3.05) is 6.54 Å². The normalized spacial score (nSPS) is 11.7. The number of carboxylic acid groups (broad SMARTS) is 1. The predicted octanol–water partition coefficient (Wildman–Crippen LogP) is 2.96. The molecule has 0 aromatic heterocycles. The molecule has 0 spiro atoms. The number of carbonyl (C=O) groups is 1. The van der Waals surface area contributed by atoms with Crippen molar-refractivity contribution in [3.63, 3.8) is 0 Å². The van der Waals surface area contributed by atoms with E-state index in [2.05, 4.69) is 29.6 Å². The number of nitrogens with one attached hydrogen (secondary N) is 1. The molecule has 2 rings (SSSR count). The molecule has 0 bridgehead atoms. The van der Waals surface area contributed by atoms with Crippen molar-refractivity contribution in [2.24, 2.45) is 0 Å². The summed E-state index contributed by atoms with van der Waals surface area (Å²) in [4.78, 5) is 10.6. The Labute approximate surface area is 112 Å². The third-order valence-corrected chi connectivity index (χ3v) is 3.09. The lowest BCUT2D eigenvalue weighted by molar-refractivity contribution is -0.132. The van der Waals surface area contributed by atoms with Crippen LogP contribution in [0.2, 0.25) is 0 Å². The van der Waals surface area contributed by atoms with Gasteiger partial charge in [-0.25, -0.2) is 4.79 Å². The van der Waals surface area contributed by atoms with E-state index in [0.29, 0.717) is 12.1 Å². The molecule has 0 aliphatic rings. The first-order valence-corrected chi connectivity index (χ1v) is 6.26. The van der Waals surface area contributed by atoms with E-state index in [1.54, 1.807) is 13.0 Å². The molecule has 0 heterocycles. The Kier molecular flexibility index (Phi) is 4.31. The SMILES string of the molecule is C/C(=C/CNCc1cccc2ccccc12)C(=O)O. The van der Waals surface area contributed by atoms with Gasteiger partial charge in [0.2, 0.25) is 0 Å². The molecule has 0 radical (unpaired) electrons. The van der Waals surface area contributed by atoms with Crippen molar-refractivity contribution in [1.29, 1.82) is 0 Å². The molecular formula is C16H17NO2. The highest BCUT2D eigenvalue weighted by Crippen LogP contribution is 2.18. The molecule has 0 aliphatic carbocycles. The Morgan fingerprint density at radius 2 is 1.95 bits per heavy atom. The smallest absolute Gasteiger partial charge is 0.330 e. The number of benzene rings is 2. The predicted molar refractivity (Wildman–Crippen MR) is 77.0 cm³/mol. The van der Waals surface area contributed by atoms with E-state index in [1.807, 2.05) is 18.2 Å². The Morgan fingerprint density at radius 1 is 1.21 bits per heavy atom. The lowest BCUT2D eigenvalue weighted by Gasteiger charge is -2.07. The van der Waals surface area contributed by atoms with E-state index in [1.165, 1.54) is 16.3 Å². The van der Waals surface area contributed by atoms with E-state index in [9.17, 15) is 4.79 Å². The third kappa shape index (κ3) is 3.42. The second-order valence-electron chi connectivity index (χ2n) is 4.46. The van der Waals surface area contributed by atoms with Gasteiger partial charge >= 0.3 is 5.97 Å². The molecule has 0 fully saturated rings. The van der Waals surface area contributed by atoms with Gasteiger partial charge in [-0.1, -0.05) is 48.5 Å². The molecule has 0 aliphatic heterocycles. The largest absolute Gasteiger partial charge is 0.478 e. The molecule has 2 aromatic rings. The van der Waals surface area contributed by atoms with Crippen LogP contribution in [-0.4, -0.2) is 17.6 Å². The average Bonchev–Trinajstić information content (AvgIpc) is 2.43. The molecule has 0 amide bonds. The van der Waals surface area contributed by atoms with Crippen LogP contribution in [0.1, 0.15) is 12.5 Å². The topological polar surface area (TPSA) is 49.3 Å². The minimum atomic E-state index is -0.869. The van der Waals surface area contributed by atoms with E-state index in [0.717, 1.165) is 6.54 Å². The number of aliphatic carboxylic acids is 1. The van der Waals surface area contributed by atoms with Crippen LogP contribution >= 0.6 is 0 Å². The Hall–Kier alpha value is -2.13. The monoisotopic (exact) mass is 255 g/mol. The number of hydrogen-bond donors (Lipinski definition) is 2. The molecule has 2 aromatic carbocycles. The van der Waals surface area contributed by atoms with E-state index < -0.39 is 5.97 Å². The van der Waals surface area contributed by atoms with Crippen molar-refractivity contribution in [3.8, 4) is 0 Å². The Morgan fingerprint density at radius 3 is 2.74 bits per heavy atom. The summed E-state index contributed by atoms with van der Waals surface area (Å²) in [6, 6.07) is 14.5. The van der Waals surface area contributed by atoms with Crippen LogP contribution in [0.25, 0.3) is 10.8 Å². The van der Waals surface area contributed by atoms with Gasteiger partial charge < -0.3 is 10.4 Å². The lowest BCUT2D eigenvalue weighted by Crippen LogP contribution is -2.14. The van der Waals surface area contributed by atoms with Crippen LogP contribution < -0.4 is 5.32 Å². The van der Waals surface area contributed by atoms with E-state index in [4.69, 9.17) is 5.11 Å². The molecule has 0 saturated carbocycles. The van der Waals surface area contributed by atoms with E-state index in [-0.39, 0.29) is 0 Å². The molecule has 0 saturated heterocycles. The van der Waals surface area contributed by atoms with Gasteiger partial charge in [0, 0.05) is 18.7 Å². The molecular weight excluding hydrogens is 238 g/mol. The third-order valence-electron chi connectivity index (χ3n) is 3.09. The summed E-state index contributed by atoms with van der Waals surface area (Å²) in [6.45, 7) is 2.88.